The predicted octanol–water partition coefficient (Wildman–Crippen LogP) is -1.28. The van der Waals surface area contributed by atoms with Crippen LogP contribution in [0.3, 0.4) is 0 Å². The van der Waals surface area contributed by atoms with Gasteiger partial charge in [-0.3, -0.25) is 19.2 Å². The third kappa shape index (κ3) is 10.9. The van der Waals surface area contributed by atoms with E-state index in [1.807, 2.05) is 13.8 Å². The third-order valence-electron chi connectivity index (χ3n) is 5.59. The summed E-state index contributed by atoms with van der Waals surface area (Å²) in [5.41, 5.74) is 10.7. The Balaban J connectivity index is 2.90. The molecule has 0 aromatic carbocycles. The molecule has 0 radical (unpaired) electrons. The molecule has 4 atom stereocenters. The minimum Gasteiger partial charge on any atom is -0.480 e. The summed E-state index contributed by atoms with van der Waals surface area (Å²) in [6.45, 7) is 4.84. The molecule has 0 aliphatic carbocycles. The molecule has 9 N–H and O–H groups in total. The third-order valence-corrected chi connectivity index (χ3v) is 5.59. The van der Waals surface area contributed by atoms with Crippen LogP contribution in [0, 0.1) is 5.92 Å². The van der Waals surface area contributed by atoms with Gasteiger partial charge in [-0.1, -0.05) is 13.8 Å². The van der Waals surface area contributed by atoms with E-state index in [0.29, 0.717) is 32.4 Å². The Kier molecular flexibility index (Phi) is 13.1. The summed E-state index contributed by atoms with van der Waals surface area (Å²) in [5.74, 6) is -3.40. The Morgan fingerprint density at radius 1 is 0.971 bits per heavy atom. The van der Waals surface area contributed by atoms with Crippen LogP contribution >= 0.6 is 0 Å². The van der Waals surface area contributed by atoms with E-state index in [0.717, 1.165) is 6.42 Å². The Bertz CT molecular complexity index is 710. The van der Waals surface area contributed by atoms with Gasteiger partial charge in [0.1, 0.15) is 18.1 Å². The van der Waals surface area contributed by atoms with Gasteiger partial charge in [0.2, 0.25) is 23.6 Å². The van der Waals surface area contributed by atoms with Crippen LogP contribution in [0.2, 0.25) is 0 Å². The summed E-state index contributed by atoms with van der Waals surface area (Å²) >= 11 is 0. The molecule has 1 aliphatic rings. The van der Waals surface area contributed by atoms with Crippen molar-refractivity contribution in [2.24, 2.45) is 17.4 Å². The van der Waals surface area contributed by atoms with Gasteiger partial charge in [-0.15, -0.1) is 0 Å². The van der Waals surface area contributed by atoms with Crippen molar-refractivity contribution in [2.75, 3.05) is 13.1 Å². The van der Waals surface area contributed by atoms with Gasteiger partial charge in [-0.2, -0.15) is 0 Å². The summed E-state index contributed by atoms with van der Waals surface area (Å²) < 4.78 is 0. The number of hydrogen-bond donors (Lipinski definition) is 7. The monoisotopic (exact) mass is 484 g/mol. The van der Waals surface area contributed by atoms with E-state index >= 15 is 0 Å². The zero-order valence-electron chi connectivity index (χ0n) is 20.1. The molecule has 1 heterocycles. The Morgan fingerprint density at radius 3 is 2.15 bits per heavy atom. The van der Waals surface area contributed by atoms with Crippen LogP contribution in [-0.2, 0) is 24.0 Å². The smallest absolute Gasteiger partial charge is 0.326 e. The van der Waals surface area contributed by atoms with Crippen LogP contribution in [-0.4, -0.2) is 72.0 Å². The molecule has 1 saturated heterocycles. The van der Waals surface area contributed by atoms with Crippen molar-refractivity contribution in [3.63, 3.8) is 0 Å². The fourth-order valence-electron chi connectivity index (χ4n) is 3.73. The van der Waals surface area contributed by atoms with Crippen LogP contribution in [0.15, 0.2) is 0 Å². The molecule has 0 spiro atoms. The van der Waals surface area contributed by atoms with E-state index in [4.69, 9.17) is 11.5 Å². The van der Waals surface area contributed by atoms with Crippen LogP contribution in [0.1, 0.15) is 65.2 Å². The highest BCUT2D eigenvalue weighted by Crippen LogP contribution is 2.10. The Labute approximate surface area is 200 Å². The molecule has 34 heavy (non-hydrogen) atoms. The summed E-state index contributed by atoms with van der Waals surface area (Å²) in [6.07, 6.45) is 2.96. The molecule has 1 aliphatic heterocycles. The Hall–Kier alpha value is -2.73. The second-order valence-electron chi connectivity index (χ2n) is 9.09. The molecule has 1 fully saturated rings. The molecule has 4 amide bonds. The van der Waals surface area contributed by atoms with Crippen molar-refractivity contribution in [3.05, 3.63) is 0 Å². The maximum Gasteiger partial charge on any atom is 0.326 e. The van der Waals surface area contributed by atoms with Gasteiger partial charge >= 0.3 is 5.97 Å². The number of nitrogens with two attached hydrogens (primary N) is 2. The number of amides is 4. The Morgan fingerprint density at radius 2 is 1.62 bits per heavy atom. The van der Waals surface area contributed by atoms with Crippen molar-refractivity contribution in [1.29, 1.82) is 0 Å². The molecule has 0 aromatic rings. The van der Waals surface area contributed by atoms with Crippen LogP contribution in [0.4, 0.5) is 0 Å². The van der Waals surface area contributed by atoms with Gasteiger partial charge in [-0.25, -0.2) is 4.79 Å². The molecular weight excluding hydrogens is 444 g/mol. The lowest BCUT2D eigenvalue weighted by molar-refractivity contribution is -0.142. The van der Waals surface area contributed by atoms with E-state index in [1.165, 1.54) is 0 Å². The first-order valence-corrected chi connectivity index (χ1v) is 11.9. The van der Waals surface area contributed by atoms with Gasteiger partial charge in [0, 0.05) is 6.42 Å². The van der Waals surface area contributed by atoms with Crippen LogP contribution in [0.5, 0.6) is 0 Å². The number of unbranched alkanes of at least 4 members (excludes halogenated alkanes) is 1. The number of hydrogen-bond acceptors (Lipinski definition) is 7. The lowest BCUT2D eigenvalue weighted by Crippen LogP contribution is -2.57. The van der Waals surface area contributed by atoms with E-state index < -0.39 is 47.9 Å². The van der Waals surface area contributed by atoms with Crippen LogP contribution in [0.25, 0.3) is 0 Å². The van der Waals surface area contributed by atoms with Crippen molar-refractivity contribution >= 4 is 29.6 Å². The molecule has 12 nitrogen and oxygen atoms in total. The fourth-order valence-corrected chi connectivity index (χ4v) is 3.73. The zero-order chi connectivity index (χ0) is 25.7. The van der Waals surface area contributed by atoms with Gasteiger partial charge in [-0.05, 0) is 64.0 Å². The fraction of sp³-hybridized carbons (Fsp3) is 0.773. The molecule has 12 heteroatoms. The molecular formula is C22H40N6O6. The summed E-state index contributed by atoms with van der Waals surface area (Å²) in [6, 6.07) is -3.61. The maximum absolute atomic E-state index is 13.0. The highest BCUT2D eigenvalue weighted by Gasteiger charge is 2.31. The van der Waals surface area contributed by atoms with Gasteiger partial charge < -0.3 is 37.8 Å². The van der Waals surface area contributed by atoms with Crippen molar-refractivity contribution in [2.45, 2.75) is 89.4 Å². The number of carbonyl (C=O) groups excluding carboxylic acids is 4. The zero-order valence-corrected chi connectivity index (χ0v) is 20.1. The number of primary amides is 1. The number of aliphatic carboxylic acids is 1. The minimum absolute atomic E-state index is 0.0120. The lowest BCUT2D eigenvalue weighted by atomic mass is 10.0. The lowest BCUT2D eigenvalue weighted by Gasteiger charge is -2.26. The molecule has 1 rings (SSSR count). The highest BCUT2D eigenvalue weighted by atomic mass is 16.4. The number of rotatable bonds is 16. The average molecular weight is 485 g/mol. The van der Waals surface area contributed by atoms with E-state index in [2.05, 4.69) is 21.3 Å². The SMILES string of the molecule is CC(C)CC(NC(=O)C(CCC(N)=O)NC(=O)C1CCCN1)C(=O)NC(CCCCN)C(=O)O. The summed E-state index contributed by atoms with van der Waals surface area (Å²) in [5, 5.41) is 20.3. The average Bonchev–Trinajstić information content (AvgIpc) is 3.29. The summed E-state index contributed by atoms with van der Waals surface area (Å²) in [7, 11) is 0. The maximum atomic E-state index is 13.0. The second kappa shape index (κ2) is 15.2. The van der Waals surface area contributed by atoms with Crippen molar-refractivity contribution in [1.82, 2.24) is 21.3 Å². The highest BCUT2D eigenvalue weighted by molar-refractivity contribution is 5.94. The predicted molar refractivity (Wildman–Crippen MR) is 125 cm³/mol. The minimum atomic E-state index is -1.17. The van der Waals surface area contributed by atoms with Crippen molar-refractivity contribution < 1.29 is 29.1 Å². The number of carboxylic acids is 1. The van der Waals surface area contributed by atoms with Crippen LogP contribution < -0.4 is 32.7 Å². The topological polar surface area (TPSA) is 206 Å². The van der Waals surface area contributed by atoms with Gasteiger partial charge in [0.15, 0.2) is 0 Å². The number of carbonyl (C=O) groups is 5. The normalized spacial score (nSPS) is 18.1. The van der Waals surface area contributed by atoms with Gasteiger partial charge in [0.05, 0.1) is 6.04 Å². The largest absolute Gasteiger partial charge is 0.480 e. The van der Waals surface area contributed by atoms with E-state index in [1.54, 1.807) is 0 Å². The van der Waals surface area contributed by atoms with Gasteiger partial charge in [0.25, 0.3) is 0 Å². The first-order valence-electron chi connectivity index (χ1n) is 11.9. The molecule has 0 aromatic heterocycles. The summed E-state index contributed by atoms with van der Waals surface area (Å²) in [4.78, 5) is 61.3. The molecule has 0 bridgehead atoms. The first kappa shape index (κ1) is 29.3. The molecule has 4 unspecified atom stereocenters. The van der Waals surface area contributed by atoms with E-state index in [9.17, 15) is 29.1 Å². The first-order chi connectivity index (χ1) is 16.0. The second-order valence-corrected chi connectivity index (χ2v) is 9.09. The standard InChI is InChI=1S/C22H40N6O6/c1-13(2)12-17(21(32)27-16(22(33)34)6-3-4-10-23)28-20(31)15(8-9-18(24)29)26-19(30)14-7-5-11-25-14/h13-17,25H,3-12,23H2,1-2H3,(H2,24,29)(H,26,30)(H,27,32)(H,28,31)(H,33,34). The number of nitrogens with one attached hydrogen (secondary N) is 4. The van der Waals surface area contributed by atoms with Crippen molar-refractivity contribution in [3.8, 4) is 0 Å². The van der Waals surface area contributed by atoms with E-state index in [-0.39, 0.29) is 37.5 Å². The number of carboxylic acid groups (broad SMARTS) is 1. The molecule has 0 saturated carbocycles. The molecule has 194 valence electrons. The quantitative estimate of drug-likeness (QED) is 0.131.